The Balaban J connectivity index is 1.17. The van der Waals surface area contributed by atoms with E-state index in [0.29, 0.717) is 11.1 Å². The summed E-state index contributed by atoms with van der Waals surface area (Å²) in [5.74, 6) is 0. The van der Waals surface area contributed by atoms with Crippen LogP contribution in [-0.2, 0) is 10.8 Å². The molecule has 7 aromatic rings. The van der Waals surface area contributed by atoms with Crippen LogP contribution in [0.3, 0.4) is 0 Å². The molecule has 4 heteroatoms. The number of rotatable bonds is 6. The van der Waals surface area contributed by atoms with E-state index in [-0.39, 0.29) is 10.8 Å². The van der Waals surface area contributed by atoms with Gasteiger partial charge in [0.15, 0.2) is 0 Å². The minimum Gasteiger partial charge on any atom is -0.310 e. The third-order valence-electron chi connectivity index (χ3n) is 12.1. The van der Waals surface area contributed by atoms with Gasteiger partial charge in [-0.2, -0.15) is 10.5 Å². The van der Waals surface area contributed by atoms with Crippen LogP contribution >= 0.6 is 0 Å². The highest BCUT2D eigenvalue weighted by molar-refractivity contribution is 5.94. The fraction of sp³-hybridized carbons (Fsp3) is 0.154. The Morgan fingerprint density at radius 3 is 1.07 bits per heavy atom. The lowest BCUT2D eigenvalue weighted by Gasteiger charge is -2.29. The number of para-hydroxylation sites is 2. The summed E-state index contributed by atoms with van der Waals surface area (Å²) in [4.78, 5) is 4.59. The number of benzene rings is 7. The largest absolute Gasteiger partial charge is 0.310 e. The Kier molecular flexibility index (Phi) is 8.01. The van der Waals surface area contributed by atoms with Crippen molar-refractivity contribution in [1.82, 2.24) is 0 Å². The van der Waals surface area contributed by atoms with Gasteiger partial charge in [-0.05, 0) is 179 Å². The number of nitrogens with zero attached hydrogens (tertiary/aromatic N) is 4. The summed E-state index contributed by atoms with van der Waals surface area (Å²) < 4.78 is 0. The maximum Gasteiger partial charge on any atom is 0.0991 e. The van der Waals surface area contributed by atoms with Crippen LogP contribution in [0.1, 0.15) is 72.2 Å². The number of hydrogen-bond donors (Lipinski definition) is 0. The van der Waals surface area contributed by atoms with Gasteiger partial charge in [0, 0.05) is 45.0 Å². The minimum atomic E-state index is -0.242. The Bertz CT molecular complexity index is 2570. The second-order valence-electron chi connectivity index (χ2n) is 16.2. The van der Waals surface area contributed by atoms with Crippen molar-refractivity contribution < 1.29 is 0 Å². The van der Waals surface area contributed by atoms with Crippen LogP contribution in [0.5, 0.6) is 0 Å². The molecule has 0 aliphatic heterocycles. The van der Waals surface area contributed by atoms with Crippen molar-refractivity contribution in [1.29, 1.82) is 10.5 Å². The summed E-state index contributed by atoms with van der Waals surface area (Å²) >= 11 is 0. The molecular formula is C52H42N4. The molecule has 7 aromatic carbocycles. The van der Waals surface area contributed by atoms with E-state index in [4.69, 9.17) is 0 Å². The van der Waals surface area contributed by atoms with Crippen molar-refractivity contribution in [2.75, 3.05) is 9.80 Å². The third kappa shape index (κ3) is 5.33. The molecule has 0 fully saturated rings. The van der Waals surface area contributed by atoms with Crippen molar-refractivity contribution in [3.8, 4) is 34.4 Å². The van der Waals surface area contributed by atoms with Crippen molar-refractivity contribution in [2.45, 2.75) is 52.4 Å². The summed E-state index contributed by atoms with van der Waals surface area (Å²) in [6.45, 7) is 14.0. The summed E-state index contributed by atoms with van der Waals surface area (Å²) in [5.41, 5.74) is 20.3. The number of anilines is 6. The highest BCUT2D eigenvalue weighted by Crippen LogP contribution is 2.59. The highest BCUT2D eigenvalue weighted by atomic mass is 15.1. The molecule has 0 saturated carbocycles. The van der Waals surface area contributed by atoms with Crippen molar-refractivity contribution in [3.63, 3.8) is 0 Å². The highest BCUT2D eigenvalue weighted by Gasteiger charge is 2.43. The molecule has 2 aliphatic rings. The molecule has 0 amide bonds. The molecule has 2 aliphatic carbocycles. The molecule has 0 atom stereocenters. The Morgan fingerprint density at radius 1 is 0.393 bits per heavy atom. The zero-order chi connectivity index (χ0) is 38.9. The maximum atomic E-state index is 9.51. The molecule has 270 valence electrons. The first-order valence-electron chi connectivity index (χ1n) is 19.2. The maximum absolute atomic E-state index is 9.51. The molecule has 0 radical (unpaired) electrons. The van der Waals surface area contributed by atoms with Crippen molar-refractivity contribution in [2.24, 2.45) is 0 Å². The molecule has 0 heterocycles. The van der Waals surface area contributed by atoms with Gasteiger partial charge in [0.05, 0.1) is 23.3 Å². The van der Waals surface area contributed by atoms with Crippen LogP contribution in [0, 0.1) is 36.5 Å². The van der Waals surface area contributed by atoms with Gasteiger partial charge in [-0.1, -0.05) is 64.1 Å². The summed E-state index contributed by atoms with van der Waals surface area (Å²) in [7, 11) is 0. The van der Waals surface area contributed by atoms with E-state index >= 15 is 0 Å². The molecule has 0 saturated heterocycles. The summed E-state index contributed by atoms with van der Waals surface area (Å²) in [6.07, 6.45) is 0. The predicted octanol–water partition coefficient (Wildman–Crippen LogP) is 13.6. The minimum absolute atomic E-state index is 0.242. The van der Waals surface area contributed by atoms with Crippen LogP contribution in [0.4, 0.5) is 34.1 Å². The normalized spacial score (nSPS) is 13.8. The van der Waals surface area contributed by atoms with E-state index in [0.717, 1.165) is 34.1 Å². The molecule has 0 aromatic heterocycles. The molecule has 9 rings (SSSR count). The van der Waals surface area contributed by atoms with Crippen LogP contribution < -0.4 is 9.80 Å². The summed E-state index contributed by atoms with van der Waals surface area (Å²) in [6, 6.07) is 55.6. The van der Waals surface area contributed by atoms with E-state index in [2.05, 4.69) is 148 Å². The van der Waals surface area contributed by atoms with Gasteiger partial charge in [0.1, 0.15) is 0 Å². The Hall–Kier alpha value is -6.88. The third-order valence-corrected chi connectivity index (χ3v) is 12.1. The van der Waals surface area contributed by atoms with Gasteiger partial charge in [0.25, 0.3) is 0 Å². The Morgan fingerprint density at radius 2 is 0.732 bits per heavy atom. The average Bonchev–Trinajstić information content (AvgIpc) is 3.58. The Labute approximate surface area is 330 Å². The fourth-order valence-corrected chi connectivity index (χ4v) is 9.25. The first-order chi connectivity index (χ1) is 27.0. The van der Waals surface area contributed by atoms with E-state index in [1.54, 1.807) is 0 Å². The molecule has 0 bridgehead atoms. The number of nitriles is 2. The average molecular weight is 723 g/mol. The SMILES string of the molecule is Cc1cc(N(c2ccccc2)c2ccc(C#N)cc2)cc2c1-c1cc3c(cc1C2(C)C)-c1c(C)cc(N(c2ccccc2)c2ccc(C#N)cc2)cc1C3(C)C. The van der Waals surface area contributed by atoms with E-state index in [1.165, 1.54) is 55.6 Å². The number of aryl methyl sites for hydroxylation is 2. The molecular weight excluding hydrogens is 681 g/mol. The van der Waals surface area contributed by atoms with Gasteiger partial charge in [-0.3, -0.25) is 0 Å². The van der Waals surface area contributed by atoms with Crippen LogP contribution in [0.25, 0.3) is 22.3 Å². The molecule has 0 spiro atoms. The van der Waals surface area contributed by atoms with E-state index in [9.17, 15) is 10.5 Å². The topological polar surface area (TPSA) is 54.1 Å². The van der Waals surface area contributed by atoms with Gasteiger partial charge in [-0.25, -0.2) is 0 Å². The lowest BCUT2D eigenvalue weighted by atomic mass is 9.79. The monoisotopic (exact) mass is 722 g/mol. The lowest BCUT2D eigenvalue weighted by molar-refractivity contribution is 0.652. The first kappa shape index (κ1) is 34.9. The second kappa shape index (κ2) is 12.9. The molecule has 56 heavy (non-hydrogen) atoms. The van der Waals surface area contributed by atoms with Gasteiger partial charge in [0.2, 0.25) is 0 Å². The van der Waals surface area contributed by atoms with E-state index in [1.807, 2.05) is 60.7 Å². The van der Waals surface area contributed by atoms with Crippen LogP contribution in [0.2, 0.25) is 0 Å². The predicted molar refractivity (Wildman–Crippen MR) is 230 cm³/mol. The van der Waals surface area contributed by atoms with Crippen LogP contribution in [0.15, 0.2) is 146 Å². The van der Waals surface area contributed by atoms with Gasteiger partial charge < -0.3 is 9.80 Å². The van der Waals surface area contributed by atoms with Gasteiger partial charge in [-0.15, -0.1) is 0 Å². The molecule has 0 unspecified atom stereocenters. The smallest absolute Gasteiger partial charge is 0.0991 e. The fourth-order valence-electron chi connectivity index (χ4n) is 9.25. The van der Waals surface area contributed by atoms with Crippen molar-refractivity contribution >= 4 is 34.1 Å². The zero-order valence-corrected chi connectivity index (χ0v) is 32.6. The number of fused-ring (bicyclic) bond motifs is 6. The van der Waals surface area contributed by atoms with E-state index < -0.39 is 0 Å². The zero-order valence-electron chi connectivity index (χ0n) is 32.6. The van der Waals surface area contributed by atoms with Crippen molar-refractivity contribution in [3.05, 3.63) is 190 Å². The molecule has 0 N–H and O–H groups in total. The summed E-state index contributed by atoms with van der Waals surface area (Å²) in [5, 5.41) is 19.0. The second-order valence-corrected chi connectivity index (χ2v) is 16.2. The van der Waals surface area contributed by atoms with Crippen LogP contribution in [-0.4, -0.2) is 0 Å². The first-order valence-corrected chi connectivity index (χ1v) is 19.2. The quantitative estimate of drug-likeness (QED) is 0.171. The number of hydrogen-bond acceptors (Lipinski definition) is 4. The van der Waals surface area contributed by atoms with Gasteiger partial charge >= 0.3 is 0 Å². The standard InChI is InChI=1S/C52H42N4/c1-33-25-41(55(37-13-9-7-10-14-37)39-21-17-35(31-53)18-22-39)27-47-49(33)43-29-46-44(30-45(43)51(47,3)4)50-34(2)26-42(28-48(50)52(46,5)6)56(38-15-11-8-12-16-38)40-23-19-36(32-54)20-24-40/h7-30H,1-6H3. The lowest BCUT2D eigenvalue weighted by Crippen LogP contribution is -2.18. The molecule has 4 nitrogen and oxygen atoms in total.